The molecular weight excluding hydrogens is 255 g/mol. The van der Waals surface area contributed by atoms with Gasteiger partial charge in [-0.2, -0.15) is 13.2 Å². The summed E-state index contributed by atoms with van der Waals surface area (Å²) in [5.74, 6) is -5.82. The summed E-state index contributed by atoms with van der Waals surface area (Å²) in [4.78, 5) is 0. The van der Waals surface area contributed by atoms with Crippen LogP contribution in [0, 0.1) is 17.8 Å². The Bertz CT molecular complexity index is 297. The summed E-state index contributed by atoms with van der Waals surface area (Å²) in [6.07, 6.45) is -5.34. The first-order chi connectivity index (χ1) is 7.94. The van der Waals surface area contributed by atoms with Crippen molar-refractivity contribution in [3.05, 3.63) is 0 Å². The topological polar surface area (TPSA) is 20.2 Å². The maximum atomic E-state index is 13.2. The van der Waals surface area contributed by atoms with E-state index < -0.39 is 29.5 Å². The van der Waals surface area contributed by atoms with Crippen LogP contribution >= 0.6 is 0 Å². The number of hydrogen-bond acceptors (Lipinski definition) is 1. The highest BCUT2D eigenvalue weighted by atomic mass is 19.4. The zero-order chi connectivity index (χ0) is 14.4. The molecule has 18 heavy (non-hydrogen) atoms. The molecular formula is C12H19F5O. The van der Waals surface area contributed by atoms with Crippen molar-refractivity contribution in [3.63, 3.8) is 0 Å². The number of hydrogen-bond donors (Lipinski definition) is 1. The number of fused-ring (bicyclic) bond motifs is 2. The average molecular weight is 274 g/mol. The van der Waals surface area contributed by atoms with Crippen LogP contribution in [0.5, 0.6) is 0 Å². The van der Waals surface area contributed by atoms with E-state index in [1.165, 1.54) is 0 Å². The largest absolute Gasteiger partial charge is 0.423 e. The van der Waals surface area contributed by atoms with E-state index in [9.17, 15) is 27.1 Å². The average Bonchev–Trinajstić information content (AvgIpc) is 2.67. The quantitative estimate of drug-likeness (QED) is 0.662. The molecule has 0 aromatic heterocycles. The first-order valence-corrected chi connectivity index (χ1v) is 6.11. The molecule has 0 aromatic carbocycles. The Morgan fingerprint density at radius 2 is 1.44 bits per heavy atom. The summed E-state index contributed by atoms with van der Waals surface area (Å²) in [6.45, 7) is 6.50. The third kappa shape index (κ3) is 2.24. The molecule has 2 saturated carbocycles. The normalized spacial score (nSPS) is 37.7. The molecule has 108 valence electrons. The molecule has 0 radical (unpaired) electrons. The molecule has 2 aliphatic rings. The van der Waals surface area contributed by atoms with E-state index in [0.29, 0.717) is 0 Å². The fourth-order valence-electron chi connectivity index (χ4n) is 2.69. The molecule has 3 atom stereocenters. The Hall–Kier alpha value is -0.390. The van der Waals surface area contributed by atoms with E-state index in [1.54, 1.807) is 0 Å². The summed E-state index contributed by atoms with van der Waals surface area (Å²) in [5, 5.41) is 9.17. The zero-order valence-electron chi connectivity index (χ0n) is 10.7. The van der Waals surface area contributed by atoms with Crippen LogP contribution in [0.3, 0.4) is 0 Å². The van der Waals surface area contributed by atoms with Gasteiger partial charge >= 0.3 is 6.18 Å². The Labute approximate surface area is 103 Å². The summed E-state index contributed by atoms with van der Waals surface area (Å²) in [5.41, 5.74) is -3.79. The fraction of sp³-hybridized carbons (Fsp3) is 1.00. The second-order valence-electron chi connectivity index (χ2n) is 5.83. The summed E-state index contributed by atoms with van der Waals surface area (Å²) in [7, 11) is 0. The predicted octanol–water partition coefficient (Wildman–Crippen LogP) is 4.01. The number of aliphatic hydroxyl groups is 1. The highest BCUT2D eigenvalue weighted by molar-refractivity contribution is 5.15. The lowest BCUT2D eigenvalue weighted by Gasteiger charge is -2.40. The molecule has 2 fully saturated rings. The van der Waals surface area contributed by atoms with Crippen LogP contribution in [-0.4, -0.2) is 22.8 Å². The Morgan fingerprint density at radius 3 is 1.67 bits per heavy atom. The summed E-state index contributed by atoms with van der Waals surface area (Å²) in [6, 6.07) is 0. The van der Waals surface area contributed by atoms with Crippen LogP contribution in [0.2, 0.25) is 0 Å². The minimum atomic E-state index is -5.24. The third-order valence-electron chi connectivity index (χ3n) is 3.48. The number of rotatable bonds is 0. The van der Waals surface area contributed by atoms with Gasteiger partial charge in [0.25, 0.3) is 5.92 Å². The Morgan fingerprint density at radius 1 is 1.06 bits per heavy atom. The zero-order valence-corrected chi connectivity index (χ0v) is 10.7. The van der Waals surface area contributed by atoms with Crippen molar-refractivity contribution < 1.29 is 27.1 Å². The van der Waals surface area contributed by atoms with Crippen LogP contribution in [0.25, 0.3) is 0 Å². The van der Waals surface area contributed by atoms with Gasteiger partial charge in [-0.25, -0.2) is 8.78 Å². The minimum Gasteiger partial charge on any atom is -0.376 e. The molecule has 2 aliphatic carbocycles. The van der Waals surface area contributed by atoms with E-state index >= 15 is 0 Å². The number of alkyl halides is 5. The van der Waals surface area contributed by atoms with Gasteiger partial charge in [-0.05, 0) is 25.2 Å². The van der Waals surface area contributed by atoms with Gasteiger partial charge in [0.2, 0.25) is 5.60 Å². The maximum Gasteiger partial charge on any atom is 0.423 e. The smallest absolute Gasteiger partial charge is 0.376 e. The number of halogens is 5. The van der Waals surface area contributed by atoms with Gasteiger partial charge in [-0.1, -0.05) is 20.8 Å². The maximum absolute atomic E-state index is 13.2. The minimum absolute atomic E-state index is 0.0380. The molecule has 0 spiro atoms. The van der Waals surface area contributed by atoms with Crippen molar-refractivity contribution in [2.75, 3.05) is 0 Å². The molecule has 2 bridgehead atoms. The molecule has 3 unspecified atom stereocenters. The molecule has 0 amide bonds. The molecule has 1 N–H and O–H groups in total. The van der Waals surface area contributed by atoms with Crippen molar-refractivity contribution in [3.8, 4) is 0 Å². The van der Waals surface area contributed by atoms with Gasteiger partial charge < -0.3 is 5.11 Å². The second kappa shape index (κ2) is 4.62. The lowest BCUT2D eigenvalue weighted by Crippen LogP contribution is -2.62. The second-order valence-corrected chi connectivity index (χ2v) is 5.83. The molecule has 0 aliphatic heterocycles. The van der Waals surface area contributed by atoms with Crippen LogP contribution in [-0.2, 0) is 0 Å². The van der Waals surface area contributed by atoms with E-state index in [1.807, 2.05) is 0 Å². The molecule has 0 aromatic rings. The van der Waals surface area contributed by atoms with Crippen LogP contribution < -0.4 is 0 Å². The first kappa shape index (κ1) is 15.7. The van der Waals surface area contributed by atoms with Gasteiger partial charge in [0.05, 0.1) is 0 Å². The van der Waals surface area contributed by atoms with Crippen LogP contribution in [0.1, 0.15) is 40.0 Å². The molecule has 0 saturated heterocycles. The highest BCUT2D eigenvalue weighted by Gasteiger charge is 2.80. The monoisotopic (exact) mass is 274 g/mol. The first-order valence-electron chi connectivity index (χ1n) is 6.11. The molecule has 1 nitrogen and oxygen atoms in total. The van der Waals surface area contributed by atoms with Gasteiger partial charge in [0.1, 0.15) is 0 Å². The third-order valence-corrected chi connectivity index (χ3v) is 3.48. The van der Waals surface area contributed by atoms with Crippen molar-refractivity contribution in [2.24, 2.45) is 17.8 Å². The van der Waals surface area contributed by atoms with Crippen molar-refractivity contribution in [2.45, 2.75) is 57.7 Å². The van der Waals surface area contributed by atoms with Crippen LogP contribution in [0.15, 0.2) is 0 Å². The van der Waals surface area contributed by atoms with Crippen molar-refractivity contribution in [1.82, 2.24) is 0 Å². The predicted molar refractivity (Wildman–Crippen MR) is 57.3 cm³/mol. The Balaban J connectivity index is 0.000000357. The van der Waals surface area contributed by atoms with E-state index in [-0.39, 0.29) is 19.3 Å². The summed E-state index contributed by atoms with van der Waals surface area (Å²) >= 11 is 0. The van der Waals surface area contributed by atoms with Crippen molar-refractivity contribution >= 4 is 0 Å². The SMILES string of the molecule is CC(C)C.OC1(C(F)(F)F)C2CCC(C2)C1(F)F. The Kier molecular flexibility index (Phi) is 4.02. The lowest BCUT2D eigenvalue weighted by atomic mass is 9.80. The summed E-state index contributed by atoms with van der Waals surface area (Å²) < 4.78 is 63.5. The molecule has 0 heterocycles. The van der Waals surface area contributed by atoms with Gasteiger partial charge in [0, 0.05) is 11.8 Å². The van der Waals surface area contributed by atoms with Gasteiger partial charge in [0.15, 0.2) is 0 Å². The highest BCUT2D eigenvalue weighted by Crippen LogP contribution is 2.64. The lowest BCUT2D eigenvalue weighted by molar-refractivity contribution is -0.346. The van der Waals surface area contributed by atoms with E-state index in [4.69, 9.17) is 0 Å². The fourth-order valence-corrected chi connectivity index (χ4v) is 2.69. The van der Waals surface area contributed by atoms with E-state index in [0.717, 1.165) is 5.92 Å². The van der Waals surface area contributed by atoms with Crippen molar-refractivity contribution in [1.29, 1.82) is 0 Å². The molecule has 6 heteroatoms. The standard InChI is InChI=1S/C8H9F5O.C4H10/c9-7(10)5-2-1-4(3-5)6(7,14)8(11,12)13;1-4(2)3/h4-5,14H,1-3H2;4H,1-3H3. The van der Waals surface area contributed by atoms with Crippen LogP contribution in [0.4, 0.5) is 22.0 Å². The van der Waals surface area contributed by atoms with E-state index in [2.05, 4.69) is 20.8 Å². The van der Waals surface area contributed by atoms with Gasteiger partial charge in [-0.15, -0.1) is 0 Å². The van der Waals surface area contributed by atoms with Gasteiger partial charge in [-0.3, -0.25) is 0 Å². The molecule has 2 rings (SSSR count).